The number of benzene rings is 10. The van der Waals surface area contributed by atoms with Crippen LogP contribution in [-0.4, -0.2) is 0 Å². The van der Waals surface area contributed by atoms with Crippen LogP contribution in [0.3, 0.4) is 0 Å². The average Bonchev–Trinajstić information content (AvgIpc) is 4.07. The summed E-state index contributed by atoms with van der Waals surface area (Å²) in [6, 6.07) is 84.6. The van der Waals surface area contributed by atoms with Gasteiger partial charge in [-0.25, -0.2) is 0 Å². The maximum atomic E-state index is 2.44. The molecule has 306 valence electrons. The van der Waals surface area contributed by atoms with Crippen LogP contribution in [0.2, 0.25) is 0 Å². The highest BCUT2D eigenvalue weighted by Gasteiger charge is 2.23. The highest BCUT2D eigenvalue weighted by Crippen LogP contribution is 2.50. The summed E-state index contributed by atoms with van der Waals surface area (Å²) in [7, 11) is 0. The minimum absolute atomic E-state index is 1.12. The lowest BCUT2D eigenvalue weighted by atomic mass is 9.93. The largest absolute Gasteiger partial charge is 0.310 e. The zero-order chi connectivity index (χ0) is 42.8. The topological polar surface area (TPSA) is 6.48 Å². The fraction of sp³-hybridized carbons (Fsp3) is 0. The van der Waals surface area contributed by atoms with E-state index in [0.717, 1.165) is 28.4 Å². The van der Waals surface area contributed by atoms with Crippen molar-refractivity contribution >= 4 is 129 Å². The van der Waals surface area contributed by atoms with E-state index in [0.29, 0.717) is 0 Å². The number of fused-ring (bicyclic) bond motifs is 9. The zero-order valence-corrected chi connectivity index (χ0v) is 37.5. The number of nitrogens with zero attached hydrogens (tertiary/aromatic N) is 2. The number of hydrogen-bond acceptors (Lipinski definition) is 5. The SMILES string of the molecule is c1ccc(N(c2cc(-c3cccc(-c4ccc(N(c5ccccc5)c5ccccc5)c5sc6ccccc6c45)c3)c3c(c2)sc2ccccc23)c2ccc3sc4ccccc4c3c2)cc1. The van der Waals surface area contributed by atoms with Crippen LogP contribution in [-0.2, 0) is 0 Å². The summed E-state index contributed by atoms with van der Waals surface area (Å²) in [4.78, 5) is 4.84. The fourth-order valence-electron chi connectivity index (χ4n) is 9.74. The van der Waals surface area contributed by atoms with Crippen molar-refractivity contribution in [2.24, 2.45) is 0 Å². The molecule has 0 N–H and O–H groups in total. The minimum Gasteiger partial charge on any atom is -0.310 e. The normalized spacial score (nSPS) is 11.7. The maximum absolute atomic E-state index is 2.44. The van der Waals surface area contributed by atoms with E-state index in [1.807, 2.05) is 34.0 Å². The summed E-state index contributed by atoms with van der Waals surface area (Å²) in [6.07, 6.45) is 0. The molecule has 5 heteroatoms. The number of anilines is 6. The molecule has 0 spiro atoms. The Morgan fingerprint density at radius 2 is 0.785 bits per heavy atom. The summed E-state index contributed by atoms with van der Waals surface area (Å²) < 4.78 is 7.72. The maximum Gasteiger partial charge on any atom is 0.0640 e. The van der Waals surface area contributed by atoms with E-state index in [1.165, 1.54) is 88.5 Å². The second-order valence-corrected chi connectivity index (χ2v) is 19.7. The lowest BCUT2D eigenvalue weighted by Crippen LogP contribution is -2.10. The number of hydrogen-bond donors (Lipinski definition) is 0. The lowest BCUT2D eigenvalue weighted by molar-refractivity contribution is 1.30. The Labute approximate surface area is 388 Å². The van der Waals surface area contributed by atoms with Crippen LogP contribution >= 0.6 is 34.0 Å². The van der Waals surface area contributed by atoms with Crippen LogP contribution in [0.25, 0.3) is 82.8 Å². The molecule has 10 aromatic carbocycles. The third-order valence-corrected chi connectivity index (χ3v) is 16.1. The van der Waals surface area contributed by atoms with Crippen molar-refractivity contribution in [3.8, 4) is 22.3 Å². The van der Waals surface area contributed by atoms with Crippen molar-refractivity contribution in [3.05, 3.63) is 231 Å². The van der Waals surface area contributed by atoms with Gasteiger partial charge < -0.3 is 9.80 Å². The molecule has 2 nitrogen and oxygen atoms in total. The molecule has 3 aromatic heterocycles. The monoisotopic (exact) mass is 882 g/mol. The first-order chi connectivity index (χ1) is 32.2. The third-order valence-electron chi connectivity index (χ3n) is 12.6. The van der Waals surface area contributed by atoms with E-state index >= 15 is 0 Å². The van der Waals surface area contributed by atoms with Gasteiger partial charge in [0.25, 0.3) is 0 Å². The standard InChI is InChI=1S/C60H38N2S3/c1-4-19-41(20-5-1)61(44-31-34-56-51(36-44)47-25-10-13-28-53(47)63-56)45-37-50(58-48-26-11-14-29-54(48)64-57(58)38-45)40-18-16-17-39(35-40)46-32-33-52(60-59(46)49-27-12-15-30-55(49)65-60)62(42-21-6-2-7-22-42)43-23-8-3-9-24-43/h1-38H. The quantitative estimate of drug-likeness (QED) is 0.150. The Balaban J connectivity index is 1.03. The highest BCUT2D eigenvalue weighted by molar-refractivity contribution is 7.27. The van der Waals surface area contributed by atoms with Crippen LogP contribution in [0, 0.1) is 0 Å². The van der Waals surface area contributed by atoms with E-state index in [4.69, 9.17) is 0 Å². The predicted octanol–water partition coefficient (Wildman–Crippen LogP) is 19.1. The molecule has 0 aliphatic carbocycles. The molecule has 0 unspecified atom stereocenters. The molecule has 0 fully saturated rings. The summed E-state index contributed by atoms with van der Waals surface area (Å²) in [5.41, 5.74) is 11.7. The smallest absolute Gasteiger partial charge is 0.0640 e. The first kappa shape index (κ1) is 38.0. The van der Waals surface area contributed by atoms with E-state index < -0.39 is 0 Å². The van der Waals surface area contributed by atoms with Gasteiger partial charge in [0.05, 0.1) is 10.4 Å². The Morgan fingerprint density at radius 1 is 0.262 bits per heavy atom. The Kier molecular flexibility index (Phi) is 9.12. The number of para-hydroxylation sites is 3. The zero-order valence-electron chi connectivity index (χ0n) is 35.1. The molecule has 0 saturated carbocycles. The summed E-state index contributed by atoms with van der Waals surface area (Å²) in [5, 5.41) is 7.72. The molecular weight excluding hydrogens is 845 g/mol. The molecule has 3 heterocycles. The van der Waals surface area contributed by atoms with Gasteiger partial charge >= 0.3 is 0 Å². The number of thiophene rings is 3. The molecule has 0 radical (unpaired) electrons. The van der Waals surface area contributed by atoms with Crippen molar-refractivity contribution in [2.45, 2.75) is 0 Å². The lowest BCUT2D eigenvalue weighted by Gasteiger charge is -2.27. The van der Waals surface area contributed by atoms with Gasteiger partial charge in [-0.2, -0.15) is 0 Å². The summed E-state index contributed by atoms with van der Waals surface area (Å²) >= 11 is 5.61. The molecule has 13 rings (SSSR count). The molecule has 13 aromatic rings. The van der Waals surface area contributed by atoms with Gasteiger partial charge in [-0.3, -0.25) is 0 Å². The van der Waals surface area contributed by atoms with E-state index in [2.05, 4.69) is 240 Å². The van der Waals surface area contributed by atoms with Gasteiger partial charge in [-0.05, 0) is 119 Å². The van der Waals surface area contributed by atoms with E-state index in [-0.39, 0.29) is 0 Å². The molecule has 0 aliphatic heterocycles. The molecule has 0 atom stereocenters. The molecule has 0 amide bonds. The van der Waals surface area contributed by atoms with Crippen molar-refractivity contribution in [2.75, 3.05) is 9.80 Å². The van der Waals surface area contributed by atoms with E-state index in [1.54, 1.807) is 0 Å². The summed E-state index contributed by atoms with van der Waals surface area (Å²) in [6.45, 7) is 0. The van der Waals surface area contributed by atoms with E-state index in [9.17, 15) is 0 Å². The first-order valence-electron chi connectivity index (χ1n) is 21.9. The van der Waals surface area contributed by atoms with Crippen molar-refractivity contribution < 1.29 is 0 Å². The Bertz CT molecular complexity index is 3860. The second kappa shape index (κ2) is 15.6. The van der Waals surface area contributed by atoms with Gasteiger partial charge in [-0.15, -0.1) is 34.0 Å². The Hall–Kier alpha value is -7.54. The Morgan fingerprint density at radius 3 is 1.46 bits per heavy atom. The van der Waals surface area contributed by atoms with Crippen LogP contribution in [0.1, 0.15) is 0 Å². The van der Waals surface area contributed by atoms with Crippen molar-refractivity contribution in [1.82, 2.24) is 0 Å². The van der Waals surface area contributed by atoms with Gasteiger partial charge in [-0.1, -0.05) is 133 Å². The number of rotatable bonds is 8. The van der Waals surface area contributed by atoms with Gasteiger partial charge in [0.2, 0.25) is 0 Å². The molecule has 0 bridgehead atoms. The molecular formula is C60H38N2S3. The van der Waals surface area contributed by atoms with Gasteiger partial charge in [0, 0.05) is 84.3 Å². The minimum atomic E-state index is 1.12. The van der Waals surface area contributed by atoms with Crippen molar-refractivity contribution in [1.29, 1.82) is 0 Å². The molecule has 0 saturated heterocycles. The second-order valence-electron chi connectivity index (χ2n) is 16.4. The van der Waals surface area contributed by atoms with Gasteiger partial charge in [0.15, 0.2) is 0 Å². The summed E-state index contributed by atoms with van der Waals surface area (Å²) in [5.74, 6) is 0. The third kappa shape index (κ3) is 6.42. The van der Waals surface area contributed by atoms with Crippen molar-refractivity contribution in [3.63, 3.8) is 0 Å². The van der Waals surface area contributed by atoms with Crippen LogP contribution in [0.15, 0.2) is 231 Å². The molecule has 0 aliphatic rings. The van der Waals surface area contributed by atoms with Gasteiger partial charge in [0.1, 0.15) is 0 Å². The fourth-order valence-corrected chi connectivity index (χ4v) is 13.2. The first-order valence-corrected chi connectivity index (χ1v) is 24.4. The predicted molar refractivity (Wildman–Crippen MR) is 285 cm³/mol. The van der Waals surface area contributed by atoms with Crippen LogP contribution in [0.4, 0.5) is 34.1 Å². The van der Waals surface area contributed by atoms with Crippen LogP contribution in [0.5, 0.6) is 0 Å². The molecule has 65 heavy (non-hydrogen) atoms. The average molecular weight is 883 g/mol. The van der Waals surface area contributed by atoms with Crippen LogP contribution < -0.4 is 9.80 Å². The highest BCUT2D eigenvalue weighted by atomic mass is 32.1.